The molecule has 1 unspecified atom stereocenters. The van der Waals surface area contributed by atoms with Crippen LogP contribution in [0.25, 0.3) is 0 Å². The highest BCUT2D eigenvalue weighted by Crippen LogP contribution is 2.48. The maximum atomic E-state index is 12.6. The zero-order chi connectivity index (χ0) is 17.1. The number of rotatable bonds is 4. The Kier molecular flexibility index (Phi) is 4.45. The number of carbonyl (C=O) groups is 1. The highest BCUT2D eigenvalue weighted by molar-refractivity contribution is 5.94. The summed E-state index contributed by atoms with van der Waals surface area (Å²) in [6, 6.07) is 17.2. The minimum atomic E-state index is 0.00169. The second-order valence-electron chi connectivity index (χ2n) is 6.98. The molecule has 1 atom stereocenters. The molecule has 4 heteroatoms. The first-order valence-corrected chi connectivity index (χ1v) is 8.97. The van der Waals surface area contributed by atoms with E-state index in [2.05, 4.69) is 5.32 Å². The normalized spacial score (nSPS) is 21.4. The van der Waals surface area contributed by atoms with Gasteiger partial charge in [0.15, 0.2) is 0 Å². The molecule has 1 saturated heterocycles. The van der Waals surface area contributed by atoms with Gasteiger partial charge in [0, 0.05) is 24.8 Å². The number of hydrogen-bond donors (Lipinski definition) is 1. The van der Waals surface area contributed by atoms with Crippen LogP contribution in [0.4, 0.5) is 0 Å². The van der Waals surface area contributed by atoms with Crippen molar-refractivity contribution in [2.75, 3.05) is 13.2 Å². The van der Waals surface area contributed by atoms with Crippen molar-refractivity contribution >= 4 is 5.91 Å². The summed E-state index contributed by atoms with van der Waals surface area (Å²) < 4.78 is 11.2. The van der Waals surface area contributed by atoms with Crippen LogP contribution >= 0.6 is 0 Å². The summed E-state index contributed by atoms with van der Waals surface area (Å²) in [5.41, 5.74) is 0.944. The molecule has 1 spiro atoms. The molecule has 1 saturated carbocycles. The van der Waals surface area contributed by atoms with Crippen LogP contribution in [0.2, 0.25) is 0 Å². The lowest BCUT2D eigenvalue weighted by molar-refractivity contribution is -0.0523. The SMILES string of the molecule is O=C(NC1CCC12CCOCC2)c1ccc(Oc2ccccc2)cc1. The lowest BCUT2D eigenvalue weighted by atomic mass is 9.60. The predicted molar refractivity (Wildman–Crippen MR) is 95.9 cm³/mol. The van der Waals surface area contributed by atoms with Crippen molar-refractivity contribution in [1.29, 1.82) is 0 Å². The molecular weight excluding hydrogens is 314 g/mol. The third-order valence-corrected chi connectivity index (χ3v) is 5.56. The second-order valence-corrected chi connectivity index (χ2v) is 6.98. The number of para-hydroxylation sites is 1. The third kappa shape index (κ3) is 3.40. The molecule has 0 aromatic heterocycles. The average Bonchev–Trinajstić information content (AvgIpc) is 2.67. The van der Waals surface area contributed by atoms with Gasteiger partial charge in [0.25, 0.3) is 5.91 Å². The smallest absolute Gasteiger partial charge is 0.251 e. The van der Waals surface area contributed by atoms with Gasteiger partial charge in [-0.15, -0.1) is 0 Å². The Balaban J connectivity index is 1.37. The number of carbonyl (C=O) groups excluding carboxylic acids is 1. The predicted octanol–water partition coefficient (Wildman–Crippen LogP) is 4.17. The second kappa shape index (κ2) is 6.89. The van der Waals surface area contributed by atoms with Gasteiger partial charge in [-0.2, -0.15) is 0 Å². The van der Waals surface area contributed by atoms with Crippen molar-refractivity contribution < 1.29 is 14.3 Å². The quantitative estimate of drug-likeness (QED) is 0.911. The minimum absolute atomic E-state index is 0.00169. The Morgan fingerprint density at radius 2 is 1.64 bits per heavy atom. The molecular formula is C21H23NO3. The van der Waals surface area contributed by atoms with Crippen molar-refractivity contribution in [1.82, 2.24) is 5.32 Å². The Morgan fingerprint density at radius 3 is 2.28 bits per heavy atom. The fourth-order valence-corrected chi connectivity index (χ4v) is 3.84. The molecule has 2 aromatic rings. The molecule has 4 nitrogen and oxygen atoms in total. The highest BCUT2D eigenvalue weighted by atomic mass is 16.5. The first kappa shape index (κ1) is 16.2. The Bertz CT molecular complexity index is 721. The van der Waals surface area contributed by atoms with Gasteiger partial charge in [-0.25, -0.2) is 0 Å². The van der Waals surface area contributed by atoms with Crippen LogP contribution in [0.1, 0.15) is 36.0 Å². The van der Waals surface area contributed by atoms with E-state index < -0.39 is 0 Å². The molecule has 1 aliphatic heterocycles. The summed E-state index contributed by atoms with van der Waals surface area (Å²) in [5, 5.41) is 3.23. The van der Waals surface area contributed by atoms with Gasteiger partial charge < -0.3 is 14.8 Å². The summed E-state index contributed by atoms with van der Waals surface area (Å²) in [4.78, 5) is 12.6. The zero-order valence-electron chi connectivity index (χ0n) is 14.2. The van der Waals surface area contributed by atoms with E-state index in [1.54, 1.807) is 0 Å². The standard InChI is InChI=1S/C21H23NO3/c23-20(22-19-10-11-21(19)12-14-24-15-13-21)16-6-8-18(9-7-16)25-17-4-2-1-3-5-17/h1-9,19H,10-15H2,(H,22,23). The average molecular weight is 337 g/mol. The molecule has 0 bridgehead atoms. The van der Waals surface area contributed by atoms with Crippen molar-refractivity contribution in [3.8, 4) is 11.5 Å². The number of benzene rings is 2. The first-order valence-electron chi connectivity index (χ1n) is 8.97. The van der Waals surface area contributed by atoms with Gasteiger partial charge in [-0.3, -0.25) is 4.79 Å². The van der Waals surface area contributed by atoms with E-state index >= 15 is 0 Å². The van der Waals surface area contributed by atoms with Gasteiger partial charge in [0.1, 0.15) is 11.5 Å². The van der Waals surface area contributed by atoms with Gasteiger partial charge in [-0.1, -0.05) is 18.2 Å². The van der Waals surface area contributed by atoms with Gasteiger partial charge in [0.05, 0.1) is 0 Å². The summed E-state index contributed by atoms with van der Waals surface area (Å²) in [6.07, 6.45) is 4.38. The number of nitrogens with one attached hydrogen (secondary N) is 1. The molecule has 0 radical (unpaired) electrons. The molecule has 1 aliphatic carbocycles. The molecule has 2 aliphatic rings. The van der Waals surface area contributed by atoms with Gasteiger partial charge >= 0.3 is 0 Å². The molecule has 130 valence electrons. The largest absolute Gasteiger partial charge is 0.457 e. The van der Waals surface area contributed by atoms with Crippen LogP contribution in [0.15, 0.2) is 54.6 Å². The topological polar surface area (TPSA) is 47.6 Å². The van der Waals surface area contributed by atoms with Gasteiger partial charge in [-0.05, 0) is 67.5 Å². The maximum absolute atomic E-state index is 12.6. The van der Waals surface area contributed by atoms with Crippen LogP contribution in [-0.4, -0.2) is 25.2 Å². The molecule has 1 N–H and O–H groups in total. The van der Waals surface area contributed by atoms with Crippen molar-refractivity contribution in [3.05, 3.63) is 60.2 Å². The first-order chi connectivity index (χ1) is 12.3. The van der Waals surface area contributed by atoms with Crippen LogP contribution in [0.3, 0.4) is 0 Å². The fraction of sp³-hybridized carbons (Fsp3) is 0.381. The highest BCUT2D eigenvalue weighted by Gasteiger charge is 2.47. The van der Waals surface area contributed by atoms with E-state index in [9.17, 15) is 4.79 Å². The maximum Gasteiger partial charge on any atom is 0.251 e. The summed E-state index contributed by atoms with van der Waals surface area (Å²) >= 11 is 0. The summed E-state index contributed by atoms with van der Waals surface area (Å²) in [6.45, 7) is 1.63. The Labute approximate surface area is 148 Å². The number of hydrogen-bond acceptors (Lipinski definition) is 3. The molecule has 2 fully saturated rings. The van der Waals surface area contributed by atoms with E-state index in [-0.39, 0.29) is 17.4 Å². The molecule has 1 amide bonds. The zero-order valence-corrected chi connectivity index (χ0v) is 14.2. The van der Waals surface area contributed by atoms with Crippen molar-refractivity contribution in [2.24, 2.45) is 5.41 Å². The minimum Gasteiger partial charge on any atom is -0.457 e. The van der Waals surface area contributed by atoms with Crippen molar-refractivity contribution in [3.63, 3.8) is 0 Å². The summed E-state index contributed by atoms with van der Waals surface area (Å²) in [5.74, 6) is 1.52. The number of amides is 1. The van der Waals surface area contributed by atoms with Crippen LogP contribution in [0, 0.1) is 5.41 Å². The van der Waals surface area contributed by atoms with E-state index in [0.29, 0.717) is 5.56 Å². The lowest BCUT2D eigenvalue weighted by Gasteiger charge is -2.52. The van der Waals surface area contributed by atoms with Crippen molar-refractivity contribution in [2.45, 2.75) is 31.7 Å². The lowest BCUT2D eigenvalue weighted by Crippen LogP contribution is -2.57. The fourth-order valence-electron chi connectivity index (χ4n) is 3.84. The van der Waals surface area contributed by atoms with E-state index in [1.165, 1.54) is 6.42 Å². The monoisotopic (exact) mass is 337 g/mol. The van der Waals surface area contributed by atoms with E-state index in [0.717, 1.165) is 44.0 Å². The van der Waals surface area contributed by atoms with Crippen LogP contribution < -0.4 is 10.1 Å². The van der Waals surface area contributed by atoms with Gasteiger partial charge in [0.2, 0.25) is 0 Å². The van der Waals surface area contributed by atoms with E-state index in [1.807, 2.05) is 54.6 Å². The molecule has 25 heavy (non-hydrogen) atoms. The third-order valence-electron chi connectivity index (χ3n) is 5.56. The molecule has 4 rings (SSSR count). The van der Waals surface area contributed by atoms with Crippen LogP contribution in [0.5, 0.6) is 11.5 Å². The summed E-state index contributed by atoms with van der Waals surface area (Å²) in [7, 11) is 0. The molecule has 2 aromatic carbocycles. The number of ether oxygens (including phenoxy) is 2. The molecule has 1 heterocycles. The van der Waals surface area contributed by atoms with E-state index in [4.69, 9.17) is 9.47 Å². The Hall–Kier alpha value is -2.33. The van der Waals surface area contributed by atoms with Crippen LogP contribution in [-0.2, 0) is 4.74 Å². The Morgan fingerprint density at radius 1 is 0.960 bits per heavy atom.